The lowest BCUT2D eigenvalue weighted by atomic mass is 10.1. The Bertz CT molecular complexity index is 615. The monoisotopic (exact) mass is 306 g/mol. The Hall–Kier alpha value is -2.24. The number of amides is 4. The molecule has 4 amide bonds. The van der Waals surface area contributed by atoms with Gasteiger partial charge in [-0.15, -0.1) is 0 Å². The molecule has 0 N–H and O–H groups in total. The third kappa shape index (κ3) is 3.00. The predicted octanol–water partition coefficient (Wildman–Crippen LogP) is 2.74. The highest BCUT2D eigenvalue weighted by atomic mass is 19.1. The number of hydrogen-bond donors (Lipinski definition) is 0. The number of unbranched alkanes of at least 4 members (excludes halogenated alkanes) is 2. The van der Waals surface area contributed by atoms with Crippen LogP contribution in [0.25, 0.3) is 0 Å². The average molecular weight is 306 g/mol. The van der Waals surface area contributed by atoms with Gasteiger partial charge >= 0.3 is 17.8 Å². The number of aryl methyl sites for hydroxylation is 2. The minimum Gasteiger partial charge on any atom is -0.263 e. The van der Waals surface area contributed by atoms with Crippen molar-refractivity contribution in [3.8, 4) is 0 Å². The molecule has 0 unspecified atom stereocenters. The number of carbonyl (C=O) groups excluding carboxylic acids is 3. The number of halogens is 1. The number of alkyl halides is 1. The second-order valence-electron chi connectivity index (χ2n) is 5.42. The normalized spacial score (nSPS) is 15.1. The number of urea groups is 1. The smallest absolute Gasteiger partial charge is 0.263 e. The van der Waals surface area contributed by atoms with Crippen molar-refractivity contribution in [2.24, 2.45) is 0 Å². The molecule has 1 aliphatic rings. The summed E-state index contributed by atoms with van der Waals surface area (Å²) >= 11 is 0. The van der Waals surface area contributed by atoms with Crippen molar-refractivity contribution in [1.29, 1.82) is 0 Å². The largest absolute Gasteiger partial charge is 0.338 e. The fraction of sp³-hybridized carbons (Fsp3) is 0.438. The summed E-state index contributed by atoms with van der Waals surface area (Å²) in [5.74, 6) is -1.65. The Morgan fingerprint density at radius 1 is 1.00 bits per heavy atom. The fourth-order valence-corrected chi connectivity index (χ4v) is 2.51. The van der Waals surface area contributed by atoms with Crippen LogP contribution in [0.15, 0.2) is 18.2 Å². The molecule has 5 nitrogen and oxygen atoms in total. The highest BCUT2D eigenvalue weighted by Crippen LogP contribution is 2.26. The highest BCUT2D eigenvalue weighted by Gasteiger charge is 2.45. The zero-order valence-corrected chi connectivity index (χ0v) is 12.8. The lowest BCUT2D eigenvalue weighted by molar-refractivity contribution is -0.139. The van der Waals surface area contributed by atoms with E-state index in [9.17, 15) is 18.8 Å². The maximum absolute atomic E-state index is 12.4. The predicted molar refractivity (Wildman–Crippen MR) is 80.3 cm³/mol. The molecule has 0 aromatic heterocycles. The van der Waals surface area contributed by atoms with Crippen LogP contribution in [-0.2, 0) is 9.59 Å². The molecule has 1 aliphatic heterocycles. The maximum atomic E-state index is 12.4. The van der Waals surface area contributed by atoms with Gasteiger partial charge in [-0.25, -0.2) is 9.69 Å². The van der Waals surface area contributed by atoms with Gasteiger partial charge in [-0.05, 0) is 44.7 Å². The number of nitrogens with zero attached hydrogens (tertiary/aromatic N) is 2. The third-order valence-corrected chi connectivity index (χ3v) is 3.66. The molecule has 0 atom stereocenters. The van der Waals surface area contributed by atoms with Gasteiger partial charge in [-0.3, -0.25) is 18.9 Å². The summed E-state index contributed by atoms with van der Waals surface area (Å²) in [6, 6.07) is 4.68. The molecule has 1 saturated heterocycles. The first-order valence-corrected chi connectivity index (χ1v) is 7.30. The first-order valence-electron chi connectivity index (χ1n) is 7.30. The molecule has 22 heavy (non-hydrogen) atoms. The van der Waals surface area contributed by atoms with E-state index in [-0.39, 0.29) is 6.54 Å². The van der Waals surface area contributed by atoms with Crippen LogP contribution in [-0.4, -0.2) is 36.0 Å². The summed E-state index contributed by atoms with van der Waals surface area (Å²) in [5.41, 5.74) is 2.20. The minimum atomic E-state index is -0.831. The number of benzene rings is 1. The Labute approximate surface area is 128 Å². The Balaban J connectivity index is 2.18. The lowest BCUT2D eigenvalue weighted by Crippen LogP contribution is -2.34. The summed E-state index contributed by atoms with van der Waals surface area (Å²) in [6.07, 6.45) is 1.46. The van der Waals surface area contributed by atoms with Crippen molar-refractivity contribution in [3.63, 3.8) is 0 Å². The lowest BCUT2D eigenvalue weighted by Gasteiger charge is -2.17. The molecule has 118 valence electrons. The van der Waals surface area contributed by atoms with Gasteiger partial charge in [0.25, 0.3) is 0 Å². The quantitative estimate of drug-likeness (QED) is 0.461. The summed E-state index contributed by atoms with van der Waals surface area (Å²) in [4.78, 5) is 38.3. The number of imide groups is 2. The topological polar surface area (TPSA) is 57.7 Å². The molecule has 0 saturated carbocycles. The zero-order valence-electron chi connectivity index (χ0n) is 12.8. The Morgan fingerprint density at radius 2 is 1.73 bits per heavy atom. The van der Waals surface area contributed by atoms with Crippen molar-refractivity contribution >= 4 is 23.5 Å². The molecule has 0 radical (unpaired) electrons. The molecule has 6 heteroatoms. The number of hydrogen-bond acceptors (Lipinski definition) is 3. The maximum Gasteiger partial charge on any atom is 0.338 e. The van der Waals surface area contributed by atoms with Gasteiger partial charge in [-0.1, -0.05) is 17.7 Å². The van der Waals surface area contributed by atoms with E-state index in [0.717, 1.165) is 20.9 Å². The Kier molecular flexibility index (Phi) is 4.90. The van der Waals surface area contributed by atoms with Gasteiger partial charge in [0.15, 0.2) is 0 Å². The van der Waals surface area contributed by atoms with Gasteiger partial charge < -0.3 is 0 Å². The summed E-state index contributed by atoms with van der Waals surface area (Å²) in [5, 5.41) is 0. The van der Waals surface area contributed by atoms with E-state index in [4.69, 9.17) is 0 Å². The molecule has 1 aromatic carbocycles. The molecular weight excluding hydrogens is 287 g/mol. The Morgan fingerprint density at radius 3 is 2.36 bits per heavy atom. The molecule has 1 fully saturated rings. The molecule has 1 aromatic rings. The molecule has 0 bridgehead atoms. The van der Waals surface area contributed by atoms with Crippen LogP contribution in [0.3, 0.4) is 0 Å². The van der Waals surface area contributed by atoms with Crippen LogP contribution in [0.4, 0.5) is 14.9 Å². The third-order valence-electron chi connectivity index (χ3n) is 3.66. The van der Waals surface area contributed by atoms with E-state index < -0.39 is 24.5 Å². The first-order chi connectivity index (χ1) is 10.5. The van der Waals surface area contributed by atoms with E-state index in [2.05, 4.69) is 0 Å². The van der Waals surface area contributed by atoms with Crippen molar-refractivity contribution in [3.05, 3.63) is 29.3 Å². The van der Waals surface area contributed by atoms with Crippen molar-refractivity contribution in [2.75, 3.05) is 18.1 Å². The molecule has 0 spiro atoms. The van der Waals surface area contributed by atoms with Gasteiger partial charge in [0.05, 0.1) is 12.4 Å². The number of rotatable bonds is 6. The SMILES string of the molecule is Cc1ccc(N2C(=O)C(=O)N(CCCCCF)C2=O)c(C)c1. The van der Waals surface area contributed by atoms with Gasteiger partial charge in [0.2, 0.25) is 0 Å². The van der Waals surface area contributed by atoms with Crippen molar-refractivity contribution < 1.29 is 18.8 Å². The number of carbonyl (C=O) groups is 3. The van der Waals surface area contributed by atoms with E-state index in [1.54, 1.807) is 19.1 Å². The van der Waals surface area contributed by atoms with E-state index in [1.807, 2.05) is 13.0 Å². The second-order valence-corrected chi connectivity index (χ2v) is 5.42. The van der Waals surface area contributed by atoms with E-state index in [0.29, 0.717) is 24.9 Å². The van der Waals surface area contributed by atoms with E-state index >= 15 is 0 Å². The molecular formula is C16H19FN2O3. The second kappa shape index (κ2) is 6.68. The first kappa shape index (κ1) is 16.1. The van der Waals surface area contributed by atoms with Gasteiger partial charge in [-0.2, -0.15) is 0 Å². The molecule has 1 heterocycles. The van der Waals surface area contributed by atoms with Crippen LogP contribution in [0.5, 0.6) is 0 Å². The van der Waals surface area contributed by atoms with Crippen LogP contribution >= 0.6 is 0 Å². The highest BCUT2D eigenvalue weighted by molar-refractivity contribution is 6.52. The zero-order chi connectivity index (χ0) is 16.3. The van der Waals surface area contributed by atoms with Crippen LogP contribution < -0.4 is 4.90 Å². The van der Waals surface area contributed by atoms with Gasteiger partial charge in [0, 0.05) is 6.54 Å². The summed E-state index contributed by atoms with van der Waals surface area (Å²) in [6.45, 7) is 3.42. The van der Waals surface area contributed by atoms with E-state index in [1.165, 1.54) is 0 Å². The average Bonchev–Trinajstić information content (AvgIpc) is 2.68. The van der Waals surface area contributed by atoms with Crippen LogP contribution in [0, 0.1) is 13.8 Å². The fourth-order valence-electron chi connectivity index (χ4n) is 2.51. The van der Waals surface area contributed by atoms with Crippen LogP contribution in [0.1, 0.15) is 30.4 Å². The molecule has 2 rings (SSSR count). The summed E-state index contributed by atoms with van der Waals surface area (Å²) < 4.78 is 12.1. The van der Waals surface area contributed by atoms with Crippen molar-refractivity contribution in [1.82, 2.24) is 4.90 Å². The number of anilines is 1. The summed E-state index contributed by atoms with van der Waals surface area (Å²) in [7, 11) is 0. The van der Waals surface area contributed by atoms with Gasteiger partial charge in [0.1, 0.15) is 0 Å². The standard InChI is InChI=1S/C16H19FN2O3/c1-11-6-7-13(12(2)10-11)19-15(21)14(20)18(16(19)22)9-5-3-4-8-17/h6-7,10H,3-5,8-9H2,1-2H3. The van der Waals surface area contributed by atoms with Crippen molar-refractivity contribution in [2.45, 2.75) is 33.1 Å². The minimum absolute atomic E-state index is 0.144. The van der Waals surface area contributed by atoms with Crippen LogP contribution in [0.2, 0.25) is 0 Å². The molecule has 0 aliphatic carbocycles.